The van der Waals surface area contributed by atoms with Crippen LogP contribution in [0.25, 0.3) is 0 Å². The summed E-state index contributed by atoms with van der Waals surface area (Å²) in [5.74, 6) is -8.55. The number of hydrogen-bond acceptors (Lipinski definition) is 5. The minimum Gasteiger partial charge on any atom is -0.456 e. The van der Waals surface area contributed by atoms with Gasteiger partial charge in [-0.1, -0.05) is 0 Å². The zero-order valence-electron chi connectivity index (χ0n) is 11.9. The van der Waals surface area contributed by atoms with Gasteiger partial charge >= 0.3 is 36.4 Å². The highest BCUT2D eigenvalue weighted by atomic mass is 19.4. The van der Waals surface area contributed by atoms with Crippen molar-refractivity contribution >= 4 is 17.8 Å². The van der Waals surface area contributed by atoms with Crippen molar-refractivity contribution in [3.05, 3.63) is 0 Å². The van der Waals surface area contributed by atoms with Crippen molar-refractivity contribution in [1.29, 1.82) is 0 Å². The SMILES string of the molecule is CC(COC(=O)C(F)(F)F)(COC(=O)C(F)(F)F)NC(=O)C(F)(F)F. The predicted octanol–water partition coefficient (Wildman–Crippen LogP) is 1.63. The summed E-state index contributed by atoms with van der Waals surface area (Å²) in [6.07, 6.45) is -16.7. The van der Waals surface area contributed by atoms with Crippen LogP contribution in [-0.2, 0) is 23.9 Å². The fourth-order valence-corrected chi connectivity index (χ4v) is 1.07. The van der Waals surface area contributed by atoms with Crippen LogP contribution in [0.2, 0.25) is 0 Å². The van der Waals surface area contributed by atoms with Gasteiger partial charge in [-0.15, -0.1) is 0 Å². The fourth-order valence-electron chi connectivity index (χ4n) is 1.07. The number of hydrogen-bond donors (Lipinski definition) is 1. The molecule has 0 bridgehead atoms. The molecular formula is C10H8F9NO5. The Morgan fingerprint density at radius 1 is 0.720 bits per heavy atom. The van der Waals surface area contributed by atoms with Crippen LogP contribution in [0.3, 0.4) is 0 Å². The van der Waals surface area contributed by atoms with Gasteiger partial charge in [0.1, 0.15) is 18.8 Å². The Morgan fingerprint density at radius 2 is 1.04 bits per heavy atom. The highest BCUT2D eigenvalue weighted by molar-refractivity contribution is 5.82. The molecule has 1 N–H and O–H groups in total. The lowest BCUT2D eigenvalue weighted by Gasteiger charge is -2.30. The van der Waals surface area contributed by atoms with Crippen LogP contribution < -0.4 is 5.32 Å². The summed E-state index contributed by atoms with van der Waals surface area (Å²) in [5, 5.41) is 0.994. The Bertz CT molecular complexity index is 492. The van der Waals surface area contributed by atoms with Crippen molar-refractivity contribution in [3.8, 4) is 0 Å². The molecule has 0 heterocycles. The highest BCUT2D eigenvalue weighted by Gasteiger charge is 2.47. The minimum absolute atomic E-state index is 0.462. The van der Waals surface area contributed by atoms with Crippen molar-refractivity contribution in [2.24, 2.45) is 0 Å². The maximum atomic E-state index is 12.2. The molecule has 6 nitrogen and oxygen atoms in total. The van der Waals surface area contributed by atoms with Gasteiger partial charge in [0.05, 0.1) is 0 Å². The Hall–Kier alpha value is -2.22. The lowest BCUT2D eigenvalue weighted by Crippen LogP contribution is -2.57. The Balaban J connectivity index is 5.19. The molecule has 146 valence electrons. The molecule has 25 heavy (non-hydrogen) atoms. The third kappa shape index (κ3) is 7.93. The van der Waals surface area contributed by atoms with Crippen LogP contribution in [0.1, 0.15) is 6.92 Å². The Labute approximate surface area is 132 Å². The van der Waals surface area contributed by atoms with E-state index >= 15 is 0 Å². The first kappa shape index (κ1) is 22.8. The third-order valence-electron chi connectivity index (χ3n) is 2.18. The first-order valence-corrected chi connectivity index (χ1v) is 5.76. The van der Waals surface area contributed by atoms with Crippen LogP contribution in [0.15, 0.2) is 0 Å². The number of amides is 1. The lowest BCUT2D eigenvalue weighted by atomic mass is 10.1. The van der Waals surface area contributed by atoms with Crippen LogP contribution >= 0.6 is 0 Å². The van der Waals surface area contributed by atoms with Crippen molar-refractivity contribution in [2.45, 2.75) is 31.0 Å². The molecule has 0 atom stereocenters. The molecule has 15 heteroatoms. The van der Waals surface area contributed by atoms with Crippen LogP contribution in [0.4, 0.5) is 39.5 Å². The molecule has 0 spiro atoms. The van der Waals surface area contributed by atoms with Gasteiger partial charge in [0.15, 0.2) is 0 Å². The van der Waals surface area contributed by atoms with Gasteiger partial charge in [-0.25, -0.2) is 9.59 Å². The molecule has 0 saturated heterocycles. The molecule has 0 fully saturated rings. The molecule has 0 aromatic rings. The molecule has 0 aromatic heterocycles. The molecule has 0 aliphatic carbocycles. The third-order valence-corrected chi connectivity index (χ3v) is 2.18. The first-order valence-electron chi connectivity index (χ1n) is 5.76. The number of carbonyl (C=O) groups is 3. The van der Waals surface area contributed by atoms with Crippen molar-refractivity contribution in [3.63, 3.8) is 0 Å². The van der Waals surface area contributed by atoms with E-state index in [9.17, 15) is 53.9 Å². The van der Waals surface area contributed by atoms with E-state index in [2.05, 4.69) is 9.47 Å². The Morgan fingerprint density at radius 3 is 1.28 bits per heavy atom. The lowest BCUT2D eigenvalue weighted by molar-refractivity contribution is -0.207. The number of halogens is 9. The minimum atomic E-state index is -5.57. The normalized spacial score (nSPS) is 13.2. The highest BCUT2D eigenvalue weighted by Crippen LogP contribution is 2.22. The summed E-state index contributed by atoms with van der Waals surface area (Å²) >= 11 is 0. The van der Waals surface area contributed by atoms with E-state index in [0.717, 1.165) is 5.32 Å². The van der Waals surface area contributed by atoms with E-state index in [1.807, 2.05) is 0 Å². The summed E-state index contributed by atoms with van der Waals surface area (Å²) in [7, 11) is 0. The second-order valence-electron chi connectivity index (χ2n) is 4.66. The number of rotatable bonds is 5. The van der Waals surface area contributed by atoms with E-state index in [-0.39, 0.29) is 0 Å². The molecule has 0 aliphatic heterocycles. The monoisotopic (exact) mass is 393 g/mol. The van der Waals surface area contributed by atoms with Crippen molar-refractivity contribution < 1.29 is 63.4 Å². The first-order chi connectivity index (χ1) is 10.9. The average Bonchev–Trinajstić information content (AvgIpc) is 2.39. The fraction of sp³-hybridized carbons (Fsp3) is 0.700. The summed E-state index contributed by atoms with van der Waals surface area (Å²) < 4.78 is 115. The molecule has 0 radical (unpaired) electrons. The van der Waals surface area contributed by atoms with E-state index < -0.39 is 55.1 Å². The van der Waals surface area contributed by atoms with E-state index in [4.69, 9.17) is 0 Å². The van der Waals surface area contributed by atoms with Gasteiger partial charge in [0, 0.05) is 0 Å². The van der Waals surface area contributed by atoms with Gasteiger partial charge in [-0.2, -0.15) is 39.5 Å². The van der Waals surface area contributed by atoms with Crippen molar-refractivity contribution in [2.75, 3.05) is 13.2 Å². The zero-order chi connectivity index (χ0) is 20.3. The summed E-state index contributed by atoms with van der Waals surface area (Å²) in [6, 6.07) is 0. The summed E-state index contributed by atoms with van der Waals surface area (Å²) in [5.41, 5.74) is -2.73. The molecule has 0 aliphatic rings. The molecule has 0 aromatic carbocycles. The topological polar surface area (TPSA) is 81.7 Å². The van der Waals surface area contributed by atoms with Crippen LogP contribution in [-0.4, -0.2) is 55.1 Å². The summed E-state index contributed by atoms with van der Waals surface area (Å²) in [6.45, 7) is -2.87. The number of ether oxygens (including phenoxy) is 2. The number of carbonyl (C=O) groups excluding carboxylic acids is 3. The molecule has 0 saturated carbocycles. The van der Waals surface area contributed by atoms with Crippen molar-refractivity contribution in [1.82, 2.24) is 5.32 Å². The summed E-state index contributed by atoms with van der Waals surface area (Å²) in [4.78, 5) is 31.8. The predicted molar refractivity (Wildman–Crippen MR) is 56.6 cm³/mol. The Kier molecular flexibility index (Phi) is 6.69. The second kappa shape index (κ2) is 7.35. The number of alkyl halides is 9. The van der Waals surface area contributed by atoms with E-state index in [1.165, 1.54) is 0 Å². The zero-order valence-corrected chi connectivity index (χ0v) is 11.9. The van der Waals surface area contributed by atoms with E-state index in [1.54, 1.807) is 0 Å². The molecule has 0 unspecified atom stereocenters. The average molecular weight is 393 g/mol. The molecule has 1 amide bonds. The standard InChI is InChI=1S/C10H8F9NO5/c1-7(20-4(21)8(11,12)13,2-24-5(22)9(14,15)16)3-25-6(23)10(17,18)19/h2-3H2,1H3,(H,20,21). The molecular weight excluding hydrogens is 385 g/mol. The number of nitrogens with one attached hydrogen (secondary N) is 1. The smallest absolute Gasteiger partial charge is 0.456 e. The van der Waals surface area contributed by atoms with E-state index in [0.29, 0.717) is 6.92 Å². The van der Waals surface area contributed by atoms with Gasteiger partial charge in [0.25, 0.3) is 0 Å². The number of esters is 2. The second-order valence-corrected chi connectivity index (χ2v) is 4.66. The van der Waals surface area contributed by atoms with Crippen LogP contribution in [0, 0.1) is 0 Å². The maximum absolute atomic E-state index is 12.2. The van der Waals surface area contributed by atoms with Gasteiger partial charge < -0.3 is 14.8 Å². The van der Waals surface area contributed by atoms with Gasteiger partial charge in [0.2, 0.25) is 0 Å². The van der Waals surface area contributed by atoms with Gasteiger partial charge in [-0.05, 0) is 6.92 Å². The van der Waals surface area contributed by atoms with Gasteiger partial charge in [-0.3, -0.25) is 4.79 Å². The molecule has 0 rings (SSSR count). The maximum Gasteiger partial charge on any atom is 0.490 e. The van der Waals surface area contributed by atoms with Crippen LogP contribution in [0.5, 0.6) is 0 Å². The quantitative estimate of drug-likeness (QED) is 0.568. The largest absolute Gasteiger partial charge is 0.490 e.